The molecule has 2 N–H and O–H groups in total. The van der Waals surface area contributed by atoms with Crippen molar-refractivity contribution in [2.24, 2.45) is 5.92 Å². The Morgan fingerprint density at radius 1 is 1.50 bits per heavy atom. The van der Waals surface area contributed by atoms with Crippen LogP contribution in [-0.4, -0.2) is 46.4 Å². The fraction of sp³-hybridized carbons (Fsp3) is 0.385. The van der Waals surface area contributed by atoms with Crippen molar-refractivity contribution in [1.82, 2.24) is 15.2 Å². The van der Waals surface area contributed by atoms with Crippen molar-refractivity contribution in [3.63, 3.8) is 0 Å². The van der Waals surface area contributed by atoms with E-state index in [0.717, 1.165) is 0 Å². The third-order valence-corrected chi connectivity index (χ3v) is 3.22. The van der Waals surface area contributed by atoms with Crippen molar-refractivity contribution in [3.8, 4) is 0 Å². The van der Waals surface area contributed by atoms with Gasteiger partial charge in [-0.1, -0.05) is 6.07 Å². The number of nitrogens with one attached hydrogen (secondary N) is 1. The predicted octanol–water partition coefficient (Wildman–Crippen LogP) is -0.126. The number of likely N-dealkylation sites (tertiary alicyclic amines) is 1. The molecule has 1 aliphatic rings. The van der Waals surface area contributed by atoms with Gasteiger partial charge in [-0.05, 0) is 11.6 Å². The lowest BCUT2D eigenvalue weighted by molar-refractivity contribution is -0.128. The van der Waals surface area contributed by atoms with Crippen LogP contribution in [0.3, 0.4) is 0 Å². The molecular formula is C13H15N3O4. The molecular weight excluding hydrogens is 262 g/mol. The summed E-state index contributed by atoms with van der Waals surface area (Å²) < 4.78 is 0. The molecule has 0 aliphatic carbocycles. The highest BCUT2D eigenvalue weighted by molar-refractivity contribution is 5.89. The fourth-order valence-corrected chi connectivity index (χ4v) is 2.03. The maximum absolute atomic E-state index is 11.9. The molecule has 2 amide bonds. The molecule has 1 aromatic rings. The van der Waals surface area contributed by atoms with Crippen LogP contribution in [0, 0.1) is 5.92 Å². The normalized spacial score (nSPS) is 18.1. The van der Waals surface area contributed by atoms with E-state index >= 15 is 0 Å². The van der Waals surface area contributed by atoms with Gasteiger partial charge in [-0.3, -0.25) is 9.59 Å². The molecule has 0 bridgehead atoms. The summed E-state index contributed by atoms with van der Waals surface area (Å²) in [5, 5.41) is 11.4. The lowest BCUT2D eigenvalue weighted by Gasteiger charge is -2.11. The lowest BCUT2D eigenvalue weighted by Crippen LogP contribution is -2.31. The monoisotopic (exact) mass is 277 g/mol. The van der Waals surface area contributed by atoms with E-state index in [1.165, 1.54) is 17.2 Å². The Balaban J connectivity index is 1.87. The van der Waals surface area contributed by atoms with Gasteiger partial charge in [-0.2, -0.15) is 0 Å². The number of carboxylic acids is 1. The van der Waals surface area contributed by atoms with Crippen LogP contribution in [0.5, 0.6) is 0 Å². The van der Waals surface area contributed by atoms with Crippen LogP contribution in [0.25, 0.3) is 0 Å². The van der Waals surface area contributed by atoms with Crippen LogP contribution in [0.1, 0.15) is 22.5 Å². The predicted molar refractivity (Wildman–Crippen MR) is 68.8 cm³/mol. The van der Waals surface area contributed by atoms with Gasteiger partial charge < -0.3 is 15.3 Å². The number of nitrogens with zero attached hydrogens (tertiary/aromatic N) is 2. The van der Waals surface area contributed by atoms with E-state index in [1.807, 2.05) is 0 Å². The van der Waals surface area contributed by atoms with Crippen LogP contribution < -0.4 is 5.32 Å². The number of rotatable bonds is 4. The molecule has 0 aromatic carbocycles. The number of carboxylic acid groups (broad SMARTS) is 1. The van der Waals surface area contributed by atoms with E-state index in [-0.39, 0.29) is 36.4 Å². The van der Waals surface area contributed by atoms with Gasteiger partial charge in [0.25, 0.3) is 0 Å². The Kier molecular flexibility index (Phi) is 3.97. The second-order valence-corrected chi connectivity index (χ2v) is 4.75. The molecule has 20 heavy (non-hydrogen) atoms. The number of hydrogen-bond donors (Lipinski definition) is 2. The SMILES string of the molecule is CN1CC(C(=O)NCc2ccc(C(=O)O)nc2)CC1=O. The average Bonchev–Trinajstić information content (AvgIpc) is 2.76. The third-order valence-electron chi connectivity index (χ3n) is 3.22. The van der Waals surface area contributed by atoms with Gasteiger partial charge in [-0.15, -0.1) is 0 Å². The third kappa shape index (κ3) is 3.11. The number of carbonyl (C=O) groups is 3. The van der Waals surface area contributed by atoms with Gasteiger partial charge in [0.15, 0.2) is 0 Å². The van der Waals surface area contributed by atoms with Crippen LogP contribution in [0.4, 0.5) is 0 Å². The first-order valence-corrected chi connectivity index (χ1v) is 6.17. The summed E-state index contributed by atoms with van der Waals surface area (Å²) in [6.45, 7) is 0.695. The molecule has 0 radical (unpaired) electrons. The highest BCUT2D eigenvalue weighted by Gasteiger charge is 2.31. The number of pyridine rings is 1. The smallest absolute Gasteiger partial charge is 0.354 e. The lowest BCUT2D eigenvalue weighted by atomic mass is 10.1. The molecule has 0 spiro atoms. The van der Waals surface area contributed by atoms with Crippen molar-refractivity contribution >= 4 is 17.8 Å². The molecule has 2 rings (SSSR count). The van der Waals surface area contributed by atoms with Gasteiger partial charge in [0.05, 0.1) is 5.92 Å². The molecule has 7 heteroatoms. The first-order valence-electron chi connectivity index (χ1n) is 6.17. The van der Waals surface area contributed by atoms with Crippen molar-refractivity contribution < 1.29 is 19.5 Å². The highest BCUT2D eigenvalue weighted by Crippen LogP contribution is 2.16. The zero-order chi connectivity index (χ0) is 14.7. The van der Waals surface area contributed by atoms with E-state index < -0.39 is 5.97 Å². The minimum absolute atomic E-state index is 0.0300. The Labute approximate surface area is 115 Å². The quantitative estimate of drug-likeness (QED) is 0.799. The molecule has 2 heterocycles. The second kappa shape index (κ2) is 5.68. The maximum atomic E-state index is 11.9. The molecule has 1 aliphatic heterocycles. The minimum atomic E-state index is -1.09. The fourth-order valence-electron chi connectivity index (χ4n) is 2.03. The minimum Gasteiger partial charge on any atom is -0.477 e. The maximum Gasteiger partial charge on any atom is 0.354 e. The Bertz CT molecular complexity index is 541. The summed E-state index contributed by atoms with van der Waals surface area (Å²) in [5.74, 6) is -1.62. The Morgan fingerprint density at radius 3 is 2.75 bits per heavy atom. The van der Waals surface area contributed by atoms with Crippen LogP contribution in [0.15, 0.2) is 18.3 Å². The van der Waals surface area contributed by atoms with Gasteiger partial charge in [0.2, 0.25) is 11.8 Å². The van der Waals surface area contributed by atoms with Crippen LogP contribution in [-0.2, 0) is 16.1 Å². The van der Waals surface area contributed by atoms with Crippen LogP contribution in [0.2, 0.25) is 0 Å². The van der Waals surface area contributed by atoms with Gasteiger partial charge in [0.1, 0.15) is 5.69 Å². The van der Waals surface area contributed by atoms with Gasteiger partial charge in [-0.25, -0.2) is 9.78 Å². The van der Waals surface area contributed by atoms with Crippen molar-refractivity contribution in [3.05, 3.63) is 29.6 Å². The zero-order valence-electron chi connectivity index (χ0n) is 11.0. The second-order valence-electron chi connectivity index (χ2n) is 4.75. The van der Waals surface area contributed by atoms with Gasteiger partial charge in [0, 0.05) is 32.8 Å². The van der Waals surface area contributed by atoms with Crippen LogP contribution >= 0.6 is 0 Å². The summed E-state index contributed by atoms with van der Waals surface area (Å²) in [6, 6.07) is 2.99. The molecule has 7 nitrogen and oxygen atoms in total. The molecule has 106 valence electrons. The van der Waals surface area contributed by atoms with Crippen molar-refractivity contribution in [1.29, 1.82) is 0 Å². The van der Waals surface area contributed by atoms with E-state index in [1.54, 1.807) is 13.1 Å². The summed E-state index contributed by atoms with van der Waals surface area (Å²) in [4.78, 5) is 39.2. The standard InChI is InChI=1S/C13H15N3O4/c1-16-7-9(4-11(16)17)12(18)15-6-8-2-3-10(13(19)20)14-5-8/h2-3,5,9H,4,6-7H2,1H3,(H,15,18)(H,19,20). The highest BCUT2D eigenvalue weighted by atomic mass is 16.4. The Hall–Kier alpha value is -2.44. The molecule has 1 aromatic heterocycles. The molecule has 1 fully saturated rings. The first-order chi connectivity index (χ1) is 9.47. The Morgan fingerprint density at radius 2 is 2.25 bits per heavy atom. The number of hydrogen-bond acceptors (Lipinski definition) is 4. The topological polar surface area (TPSA) is 99.6 Å². The first kappa shape index (κ1) is 14.0. The molecule has 1 atom stereocenters. The largest absolute Gasteiger partial charge is 0.477 e. The molecule has 0 saturated carbocycles. The van der Waals surface area contributed by atoms with Crippen molar-refractivity contribution in [2.75, 3.05) is 13.6 Å². The number of amides is 2. The van der Waals surface area contributed by atoms with E-state index in [0.29, 0.717) is 12.1 Å². The number of aromatic nitrogens is 1. The summed E-state index contributed by atoms with van der Waals surface area (Å²) in [6.07, 6.45) is 1.65. The average molecular weight is 277 g/mol. The summed E-state index contributed by atoms with van der Waals surface area (Å²) >= 11 is 0. The van der Waals surface area contributed by atoms with E-state index in [4.69, 9.17) is 5.11 Å². The number of carbonyl (C=O) groups excluding carboxylic acids is 2. The molecule has 1 unspecified atom stereocenters. The van der Waals surface area contributed by atoms with E-state index in [2.05, 4.69) is 10.3 Å². The summed E-state index contributed by atoms with van der Waals surface area (Å²) in [7, 11) is 1.67. The number of aromatic carboxylic acids is 1. The van der Waals surface area contributed by atoms with E-state index in [9.17, 15) is 14.4 Å². The summed E-state index contributed by atoms with van der Waals surface area (Å²) in [5.41, 5.74) is 0.670. The van der Waals surface area contributed by atoms with Crippen molar-refractivity contribution in [2.45, 2.75) is 13.0 Å². The van der Waals surface area contributed by atoms with Gasteiger partial charge >= 0.3 is 5.97 Å². The molecule has 1 saturated heterocycles. The zero-order valence-corrected chi connectivity index (χ0v) is 11.0.